The first kappa shape index (κ1) is 29.5. The molecule has 0 bridgehead atoms. The van der Waals surface area contributed by atoms with E-state index < -0.39 is 30.8 Å². The van der Waals surface area contributed by atoms with Crippen molar-refractivity contribution < 1.29 is 27.6 Å². The van der Waals surface area contributed by atoms with Gasteiger partial charge >= 0.3 is 18.2 Å². The summed E-state index contributed by atoms with van der Waals surface area (Å²) in [7, 11) is 0. The zero-order valence-corrected chi connectivity index (χ0v) is 24.1. The SMILES string of the molecule is O=C(N[C@@H]1N=C(c2ccccc2)c2c(Cl)cccc2N(CC(F)(F)F)C1=O)N1CCC(N2Cc3ccccc3NC2=O)CC1. The quantitative estimate of drug-likeness (QED) is 0.394. The number of aliphatic imine (C=N–C) groups is 1. The van der Waals surface area contributed by atoms with Crippen molar-refractivity contribution in [2.24, 2.45) is 4.99 Å². The summed E-state index contributed by atoms with van der Waals surface area (Å²) in [4.78, 5) is 48.2. The smallest absolute Gasteiger partial charge is 0.325 e. The standard InChI is InChI=1S/C31H28ClF3N6O3/c32-22-10-6-12-24-25(22)26(19-7-2-1-3-8-19)37-27(28(42)41(24)18-31(33,34)35)38-29(43)39-15-13-21(14-16-39)40-17-20-9-4-5-11-23(20)36-30(40)44/h1-12,21,27H,13-18H2,(H,36,44)(H,38,43)/t27-/m0/s1. The fourth-order valence-electron chi connectivity index (χ4n) is 5.84. The van der Waals surface area contributed by atoms with Crippen molar-refractivity contribution in [2.75, 3.05) is 29.9 Å². The monoisotopic (exact) mass is 624 g/mol. The Bertz CT molecular complexity index is 1630. The maximum absolute atomic E-state index is 13.7. The van der Waals surface area contributed by atoms with E-state index in [4.69, 9.17) is 11.6 Å². The number of nitrogens with zero attached hydrogens (tertiary/aromatic N) is 4. The molecule has 1 atom stereocenters. The van der Waals surface area contributed by atoms with E-state index in [1.54, 1.807) is 35.2 Å². The number of benzodiazepines with no additional fused rings is 1. The van der Waals surface area contributed by atoms with Crippen LogP contribution in [0.4, 0.5) is 34.1 Å². The average Bonchev–Trinajstić information content (AvgIpc) is 3.12. The van der Waals surface area contributed by atoms with Crippen LogP contribution in [-0.4, -0.2) is 71.5 Å². The average molecular weight is 625 g/mol. The van der Waals surface area contributed by atoms with Crippen LogP contribution in [0, 0.1) is 0 Å². The number of para-hydroxylation sites is 1. The number of piperidine rings is 1. The number of amides is 5. The van der Waals surface area contributed by atoms with Crippen molar-refractivity contribution in [1.29, 1.82) is 0 Å². The number of hydrogen-bond acceptors (Lipinski definition) is 4. The van der Waals surface area contributed by atoms with Crippen LogP contribution in [0.2, 0.25) is 5.02 Å². The number of alkyl halides is 3. The number of carbonyl (C=O) groups excluding carboxylic acids is 3. The summed E-state index contributed by atoms with van der Waals surface area (Å²) in [5, 5.41) is 5.59. The van der Waals surface area contributed by atoms with Gasteiger partial charge in [-0.15, -0.1) is 0 Å². The maximum Gasteiger partial charge on any atom is 0.406 e. The summed E-state index contributed by atoms with van der Waals surface area (Å²) < 4.78 is 41.2. The molecule has 2 N–H and O–H groups in total. The number of halogens is 4. The summed E-state index contributed by atoms with van der Waals surface area (Å²) >= 11 is 6.51. The highest BCUT2D eigenvalue weighted by molar-refractivity contribution is 6.37. The van der Waals surface area contributed by atoms with E-state index in [9.17, 15) is 27.6 Å². The van der Waals surface area contributed by atoms with Crippen LogP contribution in [-0.2, 0) is 11.3 Å². The molecule has 0 unspecified atom stereocenters. The van der Waals surface area contributed by atoms with Gasteiger partial charge in [0.05, 0.1) is 16.4 Å². The molecule has 13 heteroatoms. The second-order valence-electron chi connectivity index (χ2n) is 10.8. The molecule has 3 aliphatic rings. The number of fused-ring (bicyclic) bond motifs is 2. The van der Waals surface area contributed by atoms with Crippen LogP contribution in [0.15, 0.2) is 77.8 Å². The topological polar surface area (TPSA) is 97.3 Å². The molecule has 3 aliphatic heterocycles. The van der Waals surface area contributed by atoms with Gasteiger partial charge < -0.3 is 20.4 Å². The minimum atomic E-state index is -4.73. The molecule has 9 nitrogen and oxygen atoms in total. The highest BCUT2D eigenvalue weighted by Crippen LogP contribution is 2.35. The molecule has 0 spiro atoms. The van der Waals surface area contributed by atoms with Crippen LogP contribution < -0.4 is 15.5 Å². The van der Waals surface area contributed by atoms with Gasteiger partial charge in [-0.05, 0) is 36.6 Å². The van der Waals surface area contributed by atoms with Crippen molar-refractivity contribution in [2.45, 2.75) is 37.8 Å². The molecular formula is C31H28ClF3N6O3. The molecule has 3 heterocycles. The van der Waals surface area contributed by atoms with Crippen LogP contribution in [0.25, 0.3) is 0 Å². The lowest BCUT2D eigenvalue weighted by Crippen LogP contribution is -2.56. The van der Waals surface area contributed by atoms with E-state index in [1.165, 1.54) is 23.1 Å². The van der Waals surface area contributed by atoms with Crippen molar-refractivity contribution in [3.05, 3.63) is 94.5 Å². The zero-order chi connectivity index (χ0) is 31.0. The number of carbonyl (C=O) groups is 3. The number of likely N-dealkylation sites (tertiary alicyclic amines) is 1. The van der Waals surface area contributed by atoms with Gasteiger partial charge in [-0.1, -0.05) is 66.2 Å². The molecule has 5 amide bonds. The summed E-state index contributed by atoms with van der Waals surface area (Å²) in [5.74, 6) is -1.04. The Labute approximate surface area is 256 Å². The molecule has 44 heavy (non-hydrogen) atoms. The molecule has 0 saturated carbocycles. The number of anilines is 2. The van der Waals surface area contributed by atoms with Crippen molar-refractivity contribution in [3.63, 3.8) is 0 Å². The Morgan fingerprint density at radius 1 is 0.977 bits per heavy atom. The molecule has 1 fully saturated rings. The van der Waals surface area contributed by atoms with Crippen molar-refractivity contribution in [3.8, 4) is 0 Å². The van der Waals surface area contributed by atoms with Crippen LogP contribution in [0.5, 0.6) is 0 Å². The molecular weight excluding hydrogens is 597 g/mol. The van der Waals surface area contributed by atoms with Crippen LogP contribution >= 0.6 is 11.6 Å². The predicted octanol–water partition coefficient (Wildman–Crippen LogP) is 5.63. The number of benzene rings is 3. The van der Waals surface area contributed by atoms with E-state index in [-0.39, 0.29) is 47.1 Å². The first-order valence-corrected chi connectivity index (χ1v) is 14.5. The lowest BCUT2D eigenvalue weighted by atomic mass is 10.00. The lowest BCUT2D eigenvalue weighted by molar-refractivity contribution is -0.133. The minimum absolute atomic E-state index is 0.0543. The van der Waals surface area contributed by atoms with Crippen molar-refractivity contribution >= 4 is 46.7 Å². The van der Waals surface area contributed by atoms with E-state index in [2.05, 4.69) is 15.6 Å². The third kappa shape index (κ3) is 5.94. The molecule has 3 aromatic carbocycles. The first-order valence-electron chi connectivity index (χ1n) is 14.1. The Morgan fingerprint density at radius 3 is 2.41 bits per heavy atom. The Morgan fingerprint density at radius 2 is 1.68 bits per heavy atom. The third-order valence-corrected chi connectivity index (χ3v) is 8.29. The summed E-state index contributed by atoms with van der Waals surface area (Å²) in [6, 6.07) is 19.6. The van der Waals surface area contributed by atoms with Crippen LogP contribution in [0.3, 0.4) is 0 Å². The number of urea groups is 2. The normalized spacial score (nSPS) is 19.0. The van der Waals surface area contributed by atoms with E-state index in [1.807, 2.05) is 24.3 Å². The maximum atomic E-state index is 13.7. The van der Waals surface area contributed by atoms with Gasteiger partial charge in [-0.2, -0.15) is 13.2 Å². The second-order valence-corrected chi connectivity index (χ2v) is 11.2. The van der Waals surface area contributed by atoms with Crippen LogP contribution in [0.1, 0.15) is 29.5 Å². The highest BCUT2D eigenvalue weighted by atomic mass is 35.5. The Kier molecular flexibility index (Phi) is 7.93. The third-order valence-electron chi connectivity index (χ3n) is 7.98. The van der Waals surface area contributed by atoms with Gasteiger partial charge in [0.15, 0.2) is 0 Å². The highest BCUT2D eigenvalue weighted by Gasteiger charge is 2.41. The van der Waals surface area contributed by atoms with E-state index in [0.29, 0.717) is 29.8 Å². The summed E-state index contributed by atoms with van der Waals surface area (Å²) in [6.07, 6.45) is -5.40. The minimum Gasteiger partial charge on any atom is -0.325 e. The molecule has 228 valence electrons. The second kappa shape index (κ2) is 11.8. The molecule has 0 radical (unpaired) electrons. The summed E-state index contributed by atoms with van der Waals surface area (Å²) in [6.45, 7) is -0.590. The fraction of sp³-hybridized carbons (Fsp3) is 0.290. The van der Waals surface area contributed by atoms with Gasteiger partial charge in [0, 0.05) is 42.5 Å². The number of hydrogen-bond donors (Lipinski definition) is 2. The number of nitrogens with one attached hydrogen (secondary N) is 2. The molecule has 6 rings (SSSR count). The Hall–Kier alpha value is -4.58. The largest absolute Gasteiger partial charge is 0.406 e. The summed E-state index contributed by atoms with van der Waals surface area (Å²) in [5.41, 5.74) is 2.58. The van der Waals surface area contributed by atoms with Gasteiger partial charge in [0.2, 0.25) is 6.17 Å². The molecule has 0 aliphatic carbocycles. The van der Waals surface area contributed by atoms with Gasteiger partial charge in [0.1, 0.15) is 6.54 Å². The van der Waals surface area contributed by atoms with Gasteiger partial charge in [-0.25, -0.2) is 14.6 Å². The van der Waals surface area contributed by atoms with E-state index >= 15 is 0 Å². The fourth-order valence-corrected chi connectivity index (χ4v) is 6.10. The molecule has 0 aromatic heterocycles. The zero-order valence-electron chi connectivity index (χ0n) is 23.4. The lowest BCUT2D eigenvalue weighted by Gasteiger charge is -2.40. The number of rotatable bonds is 4. The molecule has 3 aromatic rings. The Balaban J connectivity index is 1.23. The van der Waals surface area contributed by atoms with E-state index in [0.717, 1.165) is 11.3 Å². The molecule has 1 saturated heterocycles. The van der Waals surface area contributed by atoms with Gasteiger partial charge in [-0.3, -0.25) is 9.69 Å². The predicted molar refractivity (Wildman–Crippen MR) is 160 cm³/mol. The first-order chi connectivity index (χ1) is 21.1. The van der Waals surface area contributed by atoms with Crippen molar-refractivity contribution in [1.82, 2.24) is 15.1 Å². The van der Waals surface area contributed by atoms with Gasteiger partial charge in [0.25, 0.3) is 5.91 Å².